The van der Waals surface area contributed by atoms with Gasteiger partial charge in [0.15, 0.2) is 11.6 Å². The molecule has 0 amide bonds. The fourth-order valence-electron chi connectivity index (χ4n) is 1.87. The van der Waals surface area contributed by atoms with Gasteiger partial charge in [-0.3, -0.25) is 19.7 Å². The molecule has 0 heterocycles. The molecule has 5 nitrogen and oxygen atoms in total. The molecule has 21 heavy (non-hydrogen) atoms. The number of rotatable bonds is 9. The largest absolute Gasteiger partial charge is 0.480 e. The van der Waals surface area contributed by atoms with Crippen molar-refractivity contribution in [1.82, 2.24) is 5.32 Å². The zero-order chi connectivity index (χ0) is 15.8. The van der Waals surface area contributed by atoms with E-state index in [-0.39, 0.29) is 30.2 Å². The van der Waals surface area contributed by atoms with Crippen molar-refractivity contribution in [2.75, 3.05) is 5.75 Å². The van der Waals surface area contributed by atoms with Crippen molar-refractivity contribution in [1.29, 1.82) is 0 Å². The van der Waals surface area contributed by atoms with Crippen LogP contribution in [0.1, 0.15) is 18.9 Å². The number of carbonyl (C=O) groups excluding carboxylic acids is 2. The van der Waals surface area contributed by atoms with E-state index >= 15 is 0 Å². The molecule has 0 aliphatic carbocycles. The molecular weight excluding hydrogens is 290 g/mol. The molecule has 114 valence electrons. The third kappa shape index (κ3) is 5.32. The van der Waals surface area contributed by atoms with Gasteiger partial charge in [0.05, 0.1) is 0 Å². The minimum atomic E-state index is -1.13. The second kappa shape index (κ2) is 8.59. The highest BCUT2D eigenvalue weighted by atomic mass is 32.1. The average molecular weight is 309 g/mol. The first kappa shape index (κ1) is 17.4. The zero-order valence-corrected chi connectivity index (χ0v) is 12.7. The summed E-state index contributed by atoms with van der Waals surface area (Å²) in [7, 11) is 0. The molecule has 0 aliphatic rings. The van der Waals surface area contributed by atoms with Crippen LogP contribution in [0.4, 0.5) is 0 Å². The van der Waals surface area contributed by atoms with Crippen molar-refractivity contribution < 1.29 is 19.5 Å². The van der Waals surface area contributed by atoms with E-state index in [9.17, 15) is 14.4 Å². The standard InChI is InChI=1S/C15H19NO4S/c1-2-12(17)14(16-11(9-21)15(19)20)13(18)8-10-6-4-3-5-7-10/h3-7,11,14,16,21H,2,8-9H2,1H3,(H,19,20). The summed E-state index contributed by atoms with van der Waals surface area (Å²) in [5.74, 6) is -1.78. The Morgan fingerprint density at radius 1 is 1.19 bits per heavy atom. The first-order valence-corrected chi connectivity index (χ1v) is 7.31. The summed E-state index contributed by atoms with van der Waals surface area (Å²) in [4.78, 5) is 35.2. The van der Waals surface area contributed by atoms with Crippen LogP contribution in [0.3, 0.4) is 0 Å². The van der Waals surface area contributed by atoms with Crippen molar-refractivity contribution in [3.63, 3.8) is 0 Å². The molecule has 0 bridgehead atoms. The average Bonchev–Trinajstić information content (AvgIpc) is 2.48. The van der Waals surface area contributed by atoms with E-state index in [0.717, 1.165) is 5.56 Å². The minimum absolute atomic E-state index is 0.00143. The first-order valence-electron chi connectivity index (χ1n) is 6.68. The molecular formula is C15H19NO4S. The summed E-state index contributed by atoms with van der Waals surface area (Å²) in [6.45, 7) is 1.64. The van der Waals surface area contributed by atoms with Gasteiger partial charge in [0.1, 0.15) is 12.1 Å². The first-order chi connectivity index (χ1) is 9.99. The van der Waals surface area contributed by atoms with Crippen LogP contribution in [0.2, 0.25) is 0 Å². The number of thiol groups is 1. The second-order valence-corrected chi connectivity index (χ2v) is 4.99. The van der Waals surface area contributed by atoms with Gasteiger partial charge in [0, 0.05) is 18.6 Å². The van der Waals surface area contributed by atoms with Crippen LogP contribution in [0.15, 0.2) is 30.3 Å². The zero-order valence-electron chi connectivity index (χ0n) is 11.8. The Hall–Kier alpha value is -1.66. The molecule has 0 saturated carbocycles. The van der Waals surface area contributed by atoms with Crippen LogP contribution in [0, 0.1) is 0 Å². The third-order valence-electron chi connectivity index (χ3n) is 3.06. The quantitative estimate of drug-likeness (QED) is 0.470. The molecule has 1 aromatic carbocycles. The Morgan fingerprint density at radius 2 is 1.81 bits per heavy atom. The maximum atomic E-state index is 12.3. The number of carboxylic acids is 1. The van der Waals surface area contributed by atoms with E-state index in [4.69, 9.17) is 5.11 Å². The molecule has 1 aromatic rings. The smallest absolute Gasteiger partial charge is 0.321 e. The number of Topliss-reactive ketones (excluding diaryl/α,β-unsaturated/α-hetero) is 2. The van der Waals surface area contributed by atoms with Gasteiger partial charge in [-0.25, -0.2) is 0 Å². The summed E-state index contributed by atoms with van der Waals surface area (Å²) >= 11 is 3.93. The number of hydrogen-bond donors (Lipinski definition) is 3. The predicted octanol–water partition coefficient (Wildman–Crippen LogP) is 1.12. The highest BCUT2D eigenvalue weighted by Gasteiger charge is 2.29. The molecule has 1 rings (SSSR count). The van der Waals surface area contributed by atoms with E-state index < -0.39 is 18.1 Å². The van der Waals surface area contributed by atoms with Crippen LogP contribution in [-0.2, 0) is 20.8 Å². The van der Waals surface area contributed by atoms with Crippen LogP contribution < -0.4 is 5.32 Å². The Bertz CT molecular complexity index is 504. The van der Waals surface area contributed by atoms with Crippen LogP contribution in [0.5, 0.6) is 0 Å². The molecule has 0 aromatic heterocycles. The number of nitrogens with one attached hydrogen (secondary N) is 1. The number of carbonyl (C=O) groups is 3. The van der Waals surface area contributed by atoms with Crippen LogP contribution in [-0.4, -0.2) is 40.5 Å². The van der Waals surface area contributed by atoms with E-state index in [0.29, 0.717) is 0 Å². The lowest BCUT2D eigenvalue weighted by Gasteiger charge is -2.20. The van der Waals surface area contributed by atoms with E-state index in [1.807, 2.05) is 6.07 Å². The lowest BCUT2D eigenvalue weighted by molar-refractivity contribution is -0.139. The van der Waals surface area contributed by atoms with Crippen molar-refractivity contribution in [2.45, 2.75) is 31.8 Å². The number of ketones is 2. The minimum Gasteiger partial charge on any atom is -0.480 e. The number of hydrogen-bond acceptors (Lipinski definition) is 5. The van der Waals surface area contributed by atoms with Crippen molar-refractivity contribution in [3.05, 3.63) is 35.9 Å². The molecule has 0 saturated heterocycles. The maximum Gasteiger partial charge on any atom is 0.321 e. The van der Waals surface area contributed by atoms with Gasteiger partial charge in [0.25, 0.3) is 0 Å². The summed E-state index contributed by atoms with van der Waals surface area (Å²) in [6, 6.07) is 6.89. The summed E-state index contributed by atoms with van der Waals surface area (Å²) in [5, 5.41) is 11.6. The van der Waals surface area contributed by atoms with Gasteiger partial charge >= 0.3 is 5.97 Å². The number of aliphatic carboxylic acids is 1. The highest BCUT2D eigenvalue weighted by molar-refractivity contribution is 7.80. The molecule has 2 atom stereocenters. The normalized spacial score (nSPS) is 13.4. The highest BCUT2D eigenvalue weighted by Crippen LogP contribution is 2.06. The summed E-state index contributed by atoms with van der Waals surface area (Å²) in [6.07, 6.45) is 0.250. The number of carboxylic acid groups (broad SMARTS) is 1. The van der Waals surface area contributed by atoms with Crippen molar-refractivity contribution in [3.8, 4) is 0 Å². The number of benzene rings is 1. The summed E-state index contributed by atoms with van der Waals surface area (Å²) < 4.78 is 0. The Morgan fingerprint density at radius 3 is 2.29 bits per heavy atom. The fourth-order valence-corrected chi connectivity index (χ4v) is 2.13. The molecule has 0 fully saturated rings. The van der Waals surface area contributed by atoms with Gasteiger partial charge in [-0.1, -0.05) is 37.3 Å². The summed E-state index contributed by atoms with van der Waals surface area (Å²) in [5.41, 5.74) is 0.788. The SMILES string of the molecule is CCC(=O)C(NC(CS)C(=O)O)C(=O)Cc1ccccc1. The van der Waals surface area contributed by atoms with E-state index in [1.54, 1.807) is 31.2 Å². The van der Waals surface area contributed by atoms with Crippen LogP contribution in [0.25, 0.3) is 0 Å². The lowest BCUT2D eigenvalue weighted by Crippen LogP contribution is -2.52. The monoisotopic (exact) mass is 309 g/mol. The lowest BCUT2D eigenvalue weighted by atomic mass is 9.98. The topological polar surface area (TPSA) is 83.5 Å². The molecule has 6 heteroatoms. The van der Waals surface area contributed by atoms with Crippen molar-refractivity contribution in [2.24, 2.45) is 0 Å². The molecule has 2 N–H and O–H groups in total. The molecule has 0 aliphatic heterocycles. The van der Waals surface area contributed by atoms with Gasteiger partial charge in [-0.2, -0.15) is 12.6 Å². The fraction of sp³-hybridized carbons (Fsp3) is 0.400. The van der Waals surface area contributed by atoms with E-state index in [1.165, 1.54) is 0 Å². The van der Waals surface area contributed by atoms with Gasteiger partial charge in [-0.05, 0) is 5.56 Å². The molecule has 0 radical (unpaired) electrons. The second-order valence-electron chi connectivity index (χ2n) is 4.62. The Kier molecular flexibility index (Phi) is 7.11. The van der Waals surface area contributed by atoms with Gasteiger partial charge in [-0.15, -0.1) is 0 Å². The van der Waals surface area contributed by atoms with Gasteiger partial charge in [0.2, 0.25) is 0 Å². The van der Waals surface area contributed by atoms with Crippen molar-refractivity contribution >= 4 is 30.2 Å². The Balaban J connectivity index is 2.84. The van der Waals surface area contributed by atoms with Crippen LogP contribution >= 0.6 is 12.6 Å². The molecule has 0 spiro atoms. The third-order valence-corrected chi connectivity index (χ3v) is 3.43. The van der Waals surface area contributed by atoms with E-state index in [2.05, 4.69) is 17.9 Å². The Labute approximate surface area is 129 Å². The van der Waals surface area contributed by atoms with Gasteiger partial charge < -0.3 is 5.11 Å². The molecule has 2 unspecified atom stereocenters. The maximum absolute atomic E-state index is 12.3. The predicted molar refractivity (Wildman–Crippen MR) is 82.7 cm³/mol.